The molecule has 0 aliphatic heterocycles. The molecule has 3 rings (SSSR count). The second-order valence-electron chi connectivity index (χ2n) is 5.46. The normalized spacial score (nSPS) is 10.7. The zero-order valence-electron chi connectivity index (χ0n) is 13.0. The number of fused-ring (bicyclic) bond motifs is 1. The van der Waals surface area contributed by atoms with Gasteiger partial charge < -0.3 is 9.88 Å². The summed E-state index contributed by atoms with van der Waals surface area (Å²) in [6, 6.07) is 18.8. The van der Waals surface area contributed by atoms with Crippen LogP contribution in [-0.2, 0) is 13.5 Å². The van der Waals surface area contributed by atoms with Gasteiger partial charge in [0.15, 0.2) is 0 Å². The van der Waals surface area contributed by atoms with Crippen molar-refractivity contribution in [3.63, 3.8) is 0 Å². The van der Waals surface area contributed by atoms with Crippen molar-refractivity contribution in [3.8, 4) is 0 Å². The Hall–Kier alpha value is -2.88. The summed E-state index contributed by atoms with van der Waals surface area (Å²) in [5.41, 5.74) is 2.17. The molecule has 0 saturated heterocycles. The van der Waals surface area contributed by atoms with Crippen LogP contribution in [0.5, 0.6) is 0 Å². The average molecular weight is 306 g/mol. The van der Waals surface area contributed by atoms with Gasteiger partial charge in [0.05, 0.1) is 11.1 Å². The number of para-hydroxylation sites is 1. The van der Waals surface area contributed by atoms with Gasteiger partial charge in [0.2, 0.25) is 0 Å². The number of nitrogens with one attached hydrogen (secondary N) is 1. The first-order chi connectivity index (χ1) is 11.2. The lowest BCUT2D eigenvalue weighted by Crippen LogP contribution is -2.28. The molecule has 1 heterocycles. The molecule has 0 bridgehead atoms. The lowest BCUT2D eigenvalue weighted by atomic mass is 10.1. The van der Waals surface area contributed by atoms with E-state index >= 15 is 0 Å². The highest BCUT2D eigenvalue weighted by molar-refractivity contribution is 6.06. The summed E-state index contributed by atoms with van der Waals surface area (Å²) >= 11 is 0. The number of benzene rings is 2. The molecule has 1 aromatic heterocycles. The molecule has 4 heteroatoms. The Kier molecular flexibility index (Phi) is 4.24. The molecule has 116 valence electrons. The van der Waals surface area contributed by atoms with Crippen LogP contribution in [-0.4, -0.2) is 17.0 Å². The van der Waals surface area contributed by atoms with Crippen molar-refractivity contribution in [2.24, 2.45) is 7.05 Å². The second kappa shape index (κ2) is 6.48. The van der Waals surface area contributed by atoms with Crippen molar-refractivity contribution in [3.05, 3.63) is 82.1 Å². The number of aromatic nitrogens is 1. The summed E-state index contributed by atoms with van der Waals surface area (Å²) in [5, 5.41) is 3.68. The fraction of sp³-hybridized carbons (Fsp3) is 0.158. The summed E-state index contributed by atoms with van der Waals surface area (Å²) in [5.74, 6) is -0.213. The van der Waals surface area contributed by atoms with Gasteiger partial charge in [-0.05, 0) is 18.1 Å². The summed E-state index contributed by atoms with van der Waals surface area (Å²) < 4.78 is 1.55. The first-order valence-corrected chi connectivity index (χ1v) is 7.58. The molecule has 0 spiro atoms. The fourth-order valence-electron chi connectivity index (χ4n) is 2.66. The maximum absolute atomic E-state index is 12.5. The number of amides is 1. The smallest absolute Gasteiger partial charge is 0.252 e. The summed E-state index contributed by atoms with van der Waals surface area (Å²) in [4.78, 5) is 24.5. The van der Waals surface area contributed by atoms with E-state index in [9.17, 15) is 9.59 Å². The van der Waals surface area contributed by atoms with E-state index in [1.807, 2.05) is 54.6 Å². The first-order valence-electron chi connectivity index (χ1n) is 7.58. The van der Waals surface area contributed by atoms with Gasteiger partial charge in [-0.1, -0.05) is 48.5 Å². The largest absolute Gasteiger partial charge is 0.352 e. The highest BCUT2D eigenvalue weighted by Gasteiger charge is 2.12. The third-order valence-corrected chi connectivity index (χ3v) is 3.94. The topological polar surface area (TPSA) is 51.1 Å². The molecule has 0 radical (unpaired) electrons. The van der Waals surface area contributed by atoms with Crippen LogP contribution in [0.1, 0.15) is 15.9 Å². The number of carbonyl (C=O) groups is 1. The molecule has 1 N–H and O–H groups in total. The van der Waals surface area contributed by atoms with Gasteiger partial charge in [-0.15, -0.1) is 0 Å². The van der Waals surface area contributed by atoms with Crippen LogP contribution in [0.3, 0.4) is 0 Å². The van der Waals surface area contributed by atoms with Crippen molar-refractivity contribution >= 4 is 16.8 Å². The van der Waals surface area contributed by atoms with Crippen molar-refractivity contribution in [2.75, 3.05) is 6.54 Å². The van der Waals surface area contributed by atoms with E-state index in [2.05, 4.69) is 5.32 Å². The lowest BCUT2D eigenvalue weighted by molar-refractivity contribution is 0.0955. The molecule has 3 aromatic rings. The van der Waals surface area contributed by atoms with Gasteiger partial charge in [0, 0.05) is 25.0 Å². The summed E-state index contributed by atoms with van der Waals surface area (Å²) in [6.07, 6.45) is 0.759. The molecule has 0 aliphatic rings. The van der Waals surface area contributed by atoms with Gasteiger partial charge >= 0.3 is 0 Å². The van der Waals surface area contributed by atoms with Crippen LogP contribution in [0.15, 0.2) is 65.5 Å². The van der Waals surface area contributed by atoms with Crippen LogP contribution in [0, 0.1) is 0 Å². The van der Waals surface area contributed by atoms with Gasteiger partial charge in [0.1, 0.15) is 0 Å². The molecular weight excluding hydrogens is 288 g/mol. The third-order valence-electron chi connectivity index (χ3n) is 3.94. The van der Waals surface area contributed by atoms with E-state index in [0.29, 0.717) is 12.1 Å². The molecule has 0 atom stereocenters. The van der Waals surface area contributed by atoms with Gasteiger partial charge in [-0.25, -0.2) is 0 Å². The maximum Gasteiger partial charge on any atom is 0.252 e. The zero-order valence-corrected chi connectivity index (χ0v) is 13.0. The molecule has 2 aromatic carbocycles. The summed E-state index contributed by atoms with van der Waals surface area (Å²) in [6.45, 7) is 0.534. The van der Waals surface area contributed by atoms with Crippen molar-refractivity contribution in [2.45, 2.75) is 6.42 Å². The number of carbonyl (C=O) groups excluding carboxylic acids is 1. The molecule has 0 aliphatic carbocycles. The van der Waals surface area contributed by atoms with E-state index in [4.69, 9.17) is 0 Å². The van der Waals surface area contributed by atoms with E-state index in [1.165, 1.54) is 11.6 Å². The van der Waals surface area contributed by atoms with Crippen LogP contribution >= 0.6 is 0 Å². The second-order valence-corrected chi connectivity index (χ2v) is 5.46. The van der Waals surface area contributed by atoms with E-state index < -0.39 is 0 Å². The molecule has 0 unspecified atom stereocenters. The Morgan fingerprint density at radius 2 is 1.74 bits per heavy atom. The molecule has 0 saturated carbocycles. The standard InChI is InChI=1S/C19H18N2O2/c1-21-17-10-6-5-9-15(17)16(13-18(21)22)19(23)20-12-11-14-7-3-2-4-8-14/h2-10,13H,11-12H2,1H3,(H,20,23). The average Bonchev–Trinajstić information content (AvgIpc) is 2.59. The number of nitrogens with zero attached hydrogens (tertiary/aromatic N) is 1. The Balaban J connectivity index is 1.81. The highest BCUT2D eigenvalue weighted by Crippen LogP contribution is 2.16. The number of aryl methyl sites for hydroxylation is 1. The number of rotatable bonds is 4. The van der Waals surface area contributed by atoms with Crippen LogP contribution in [0.4, 0.5) is 0 Å². The predicted octanol–water partition coefficient (Wildman–Crippen LogP) is 2.51. The van der Waals surface area contributed by atoms with Crippen LogP contribution in [0.25, 0.3) is 10.9 Å². The van der Waals surface area contributed by atoms with E-state index in [1.54, 1.807) is 11.6 Å². The maximum atomic E-state index is 12.5. The third kappa shape index (κ3) is 3.16. The Morgan fingerprint density at radius 3 is 2.52 bits per heavy atom. The molecule has 1 amide bonds. The monoisotopic (exact) mass is 306 g/mol. The molecular formula is C19H18N2O2. The SMILES string of the molecule is Cn1c(=O)cc(C(=O)NCCc2ccccc2)c2ccccc21. The minimum atomic E-state index is -0.213. The number of hydrogen-bond acceptors (Lipinski definition) is 2. The zero-order chi connectivity index (χ0) is 16.2. The van der Waals surface area contributed by atoms with Gasteiger partial charge in [0.25, 0.3) is 11.5 Å². The predicted molar refractivity (Wildman–Crippen MR) is 91.7 cm³/mol. The fourth-order valence-corrected chi connectivity index (χ4v) is 2.66. The first kappa shape index (κ1) is 15.0. The Labute approximate surface area is 134 Å². The molecule has 23 heavy (non-hydrogen) atoms. The van der Waals surface area contributed by atoms with E-state index in [0.717, 1.165) is 17.3 Å². The quantitative estimate of drug-likeness (QED) is 0.805. The van der Waals surface area contributed by atoms with Crippen LogP contribution < -0.4 is 10.9 Å². The minimum Gasteiger partial charge on any atom is -0.352 e. The van der Waals surface area contributed by atoms with E-state index in [-0.39, 0.29) is 11.5 Å². The van der Waals surface area contributed by atoms with Crippen molar-refractivity contribution in [1.29, 1.82) is 0 Å². The van der Waals surface area contributed by atoms with Gasteiger partial charge in [-0.3, -0.25) is 9.59 Å². The number of hydrogen-bond donors (Lipinski definition) is 1. The Bertz CT molecular complexity index is 898. The van der Waals surface area contributed by atoms with Gasteiger partial charge in [-0.2, -0.15) is 0 Å². The molecule has 0 fully saturated rings. The summed E-state index contributed by atoms with van der Waals surface area (Å²) in [7, 11) is 1.71. The molecule has 4 nitrogen and oxygen atoms in total. The lowest BCUT2D eigenvalue weighted by Gasteiger charge is -2.10. The van der Waals surface area contributed by atoms with Crippen molar-refractivity contribution in [1.82, 2.24) is 9.88 Å². The van der Waals surface area contributed by atoms with Crippen LogP contribution in [0.2, 0.25) is 0 Å². The minimum absolute atomic E-state index is 0.183. The highest BCUT2D eigenvalue weighted by atomic mass is 16.2. The van der Waals surface area contributed by atoms with Crippen molar-refractivity contribution < 1.29 is 4.79 Å². The number of pyridine rings is 1. The Morgan fingerprint density at radius 1 is 1.04 bits per heavy atom.